The van der Waals surface area contributed by atoms with Crippen molar-refractivity contribution in [2.24, 2.45) is 7.05 Å². The second kappa shape index (κ2) is 5.10. The molecule has 21 heavy (non-hydrogen) atoms. The van der Waals surface area contributed by atoms with E-state index in [4.69, 9.17) is 11.6 Å². The van der Waals surface area contributed by atoms with Gasteiger partial charge >= 0.3 is 5.97 Å². The maximum Gasteiger partial charge on any atom is 0.354 e. The van der Waals surface area contributed by atoms with Crippen LogP contribution in [0.2, 0.25) is 5.02 Å². The fraction of sp³-hybridized carbons (Fsp3) is 0.0667. The Hall–Kier alpha value is -2.53. The largest absolute Gasteiger partial charge is 0.477 e. The highest BCUT2D eigenvalue weighted by atomic mass is 35.5. The van der Waals surface area contributed by atoms with Crippen LogP contribution in [0.25, 0.3) is 10.9 Å². The number of hydrogen-bond donors (Lipinski definition) is 2. The number of anilines is 2. The number of benzene rings is 1. The average molecular weight is 302 g/mol. The molecule has 2 N–H and O–H groups in total. The smallest absolute Gasteiger partial charge is 0.354 e. The molecule has 0 saturated carbocycles. The summed E-state index contributed by atoms with van der Waals surface area (Å²) in [6.45, 7) is 0. The van der Waals surface area contributed by atoms with Crippen LogP contribution in [0.5, 0.6) is 0 Å². The zero-order valence-corrected chi connectivity index (χ0v) is 11.9. The van der Waals surface area contributed by atoms with Gasteiger partial charge in [-0.1, -0.05) is 11.6 Å². The number of rotatable bonds is 3. The van der Waals surface area contributed by atoms with Crippen LogP contribution in [-0.2, 0) is 7.05 Å². The first-order valence-corrected chi connectivity index (χ1v) is 6.64. The molecule has 6 heteroatoms. The van der Waals surface area contributed by atoms with E-state index >= 15 is 0 Å². The van der Waals surface area contributed by atoms with E-state index < -0.39 is 5.97 Å². The van der Waals surface area contributed by atoms with Crippen molar-refractivity contribution in [3.8, 4) is 0 Å². The third-order valence-corrected chi connectivity index (χ3v) is 3.55. The lowest BCUT2D eigenvalue weighted by Crippen LogP contribution is -2.07. The number of hydrogen-bond acceptors (Lipinski definition) is 3. The number of aromatic carboxylic acids is 1. The summed E-state index contributed by atoms with van der Waals surface area (Å²) in [5.74, 6) is -0.999. The molecule has 2 aromatic heterocycles. The van der Waals surface area contributed by atoms with Crippen molar-refractivity contribution in [2.75, 3.05) is 5.32 Å². The highest BCUT2D eigenvalue weighted by molar-refractivity contribution is 6.31. The molecule has 1 aromatic carbocycles. The fourth-order valence-corrected chi connectivity index (χ4v) is 2.53. The van der Waals surface area contributed by atoms with E-state index in [1.165, 1.54) is 0 Å². The van der Waals surface area contributed by atoms with E-state index in [9.17, 15) is 9.90 Å². The third-order valence-electron chi connectivity index (χ3n) is 3.31. The van der Waals surface area contributed by atoms with E-state index in [1.807, 2.05) is 6.07 Å². The second-order valence-corrected chi connectivity index (χ2v) is 5.05. The molecule has 0 unspecified atom stereocenters. The molecule has 106 valence electrons. The van der Waals surface area contributed by atoms with E-state index in [0.29, 0.717) is 10.7 Å². The van der Waals surface area contributed by atoms with Crippen molar-refractivity contribution in [3.63, 3.8) is 0 Å². The number of nitrogens with one attached hydrogen (secondary N) is 1. The Morgan fingerprint density at radius 3 is 2.67 bits per heavy atom. The van der Waals surface area contributed by atoms with Crippen molar-refractivity contribution in [1.29, 1.82) is 0 Å². The highest BCUT2D eigenvalue weighted by Gasteiger charge is 2.20. The monoisotopic (exact) mass is 301 g/mol. The molecular weight excluding hydrogens is 290 g/mol. The lowest BCUT2D eigenvalue weighted by molar-refractivity contribution is 0.0688. The van der Waals surface area contributed by atoms with E-state index in [2.05, 4.69) is 10.3 Å². The van der Waals surface area contributed by atoms with Gasteiger partial charge in [0, 0.05) is 35.5 Å². The van der Waals surface area contributed by atoms with Gasteiger partial charge in [0.05, 0.1) is 11.2 Å². The molecule has 0 radical (unpaired) electrons. The van der Waals surface area contributed by atoms with Crippen molar-refractivity contribution in [2.45, 2.75) is 0 Å². The Morgan fingerprint density at radius 2 is 2.00 bits per heavy atom. The van der Waals surface area contributed by atoms with Crippen LogP contribution < -0.4 is 5.32 Å². The predicted octanol–water partition coefficient (Wildman–Crippen LogP) is 3.67. The van der Waals surface area contributed by atoms with E-state index in [1.54, 1.807) is 48.3 Å². The van der Waals surface area contributed by atoms with Crippen molar-refractivity contribution < 1.29 is 9.90 Å². The lowest BCUT2D eigenvalue weighted by atomic mass is 10.2. The van der Waals surface area contributed by atoms with Gasteiger partial charge in [-0.15, -0.1) is 0 Å². The minimum Gasteiger partial charge on any atom is -0.477 e. The van der Waals surface area contributed by atoms with E-state index in [0.717, 1.165) is 16.6 Å². The standard InChI is InChI=1S/C15H12ClN3O2/c1-19-12-8-9(16)2-3-11(12)13(14(19)15(20)21)18-10-4-6-17-7-5-10/h2-8H,1H3,(H,17,18)(H,20,21). The number of aromatic nitrogens is 2. The summed E-state index contributed by atoms with van der Waals surface area (Å²) in [4.78, 5) is 15.5. The molecule has 0 spiro atoms. The topological polar surface area (TPSA) is 67.2 Å². The van der Waals surface area contributed by atoms with Crippen LogP contribution in [0.3, 0.4) is 0 Å². The highest BCUT2D eigenvalue weighted by Crippen LogP contribution is 2.34. The van der Waals surface area contributed by atoms with Gasteiger partial charge in [-0.3, -0.25) is 4.98 Å². The Bertz CT molecular complexity index is 828. The molecular formula is C15H12ClN3O2. The van der Waals surface area contributed by atoms with Crippen LogP contribution in [-0.4, -0.2) is 20.6 Å². The van der Waals surface area contributed by atoms with Gasteiger partial charge in [-0.2, -0.15) is 0 Å². The van der Waals surface area contributed by atoms with Gasteiger partial charge in [0.15, 0.2) is 5.69 Å². The molecule has 0 fully saturated rings. The summed E-state index contributed by atoms with van der Waals surface area (Å²) in [6.07, 6.45) is 3.29. The third kappa shape index (κ3) is 2.32. The number of aryl methyl sites for hydroxylation is 1. The maximum atomic E-state index is 11.6. The molecule has 0 aliphatic carbocycles. The van der Waals surface area contributed by atoms with Gasteiger partial charge in [0.1, 0.15) is 0 Å². The number of pyridine rings is 1. The summed E-state index contributed by atoms with van der Waals surface area (Å²) >= 11 is 6.00. The van der Waals surface area contributed by atoms with Gasteiger partial charge in [0.25, 0.3) is 0 Å². The first-order chi connectivity index (χ1) is 10.1. The second-order valence-electron chi connectivity index (χ2n) is 4.61. The number of carbonyl (C=O) groups is 1. The van der Waals surface area contributed by atoms with Gasteiger partial charge < -0.3 is 15.0 Å². The number of carboxylic acids is 1. The lowest BCUT2D eigenvalue weighted by Gasteiger charge is -2.06. The predicted molar refractivity (Wildman–Crippen MR) is 82.4 cm³/mol. The summed E-state index contributed by atoms with van der Waals surface area (Å²) in [7, 11) is 1.71. The molecule has 2 heterocycles. The first kappa shape index (κ1) is 13.5. The molecule has 0 amide bonds. The molecule has 3 aromatic rings. The zero-order valence-electron chi connectivity index (χ0n) is 11.2. The molecule has 0 atom stereocenters. The van der Waals surface area contributed by atoms with Crippen LogP contribution in [0.1, 0.15) is 10.5 Å². The van der Waals surface area contributed by atoms with Crippen LogP contribution in [0, 0.1) is 0 Å². The van der Waals surface area contributed by atoms with Crippen LogP contribution in [0.4, 0.5) is 11.4 Å². The summed E-state index contributed by atoms with van der Waals surface area (Å²) in [5, 5.41) is 14.0. The van der Waals surface area contributed by atoms with Crippen LogP contribution >= 0.6 is 11.6 Å². The van der Waals surface area contributed by atoms with E-state index in [-0.39, 0.29) is 5.69 Å². The summed E-state index contributed by atoms with van der Waals surface area (Å²) in [6, 6.07) is 8.86. The minimum absolute atomic E-state index is 0.184. The Morgan fingerprint density at radius 1 is 1.29 bits per heavy atom. The zero-order chi connectivity index (χ0) is 15.0. The Kier molecular flexibility index (Phi) is 3.27. The average Bonchev–Trinajstić information content (AvgIpc) is 2.72. The quantitative estimate of drug-likeness (QED) is 0.774. The molecule has 5 nitrogen and oxygen atoms in total. The summed E-state index contributed by atoms with van der Waals surface area (Å²) < 4.78 is 1.62. The summed E-state index contributed by atoms with van der Waals surface area (Å²) in [5.41, 5.74) is 2.26. The van der Waals surface area contributed by atoms with Gasteiger partial charge in [-0.25, -0.2) is 4.79 Å². The normalized spacial score (nSPS) is 10.8. The number of halogens is 1. The number of nitrogens with zero attached hydrogens (tertiary/aromatic N) is 2. The first-order valence-electron chi connectivity index (χ1n) is 6.26. The Labute approximate surface area is 125 Å². The number of fused-ring (bicyclic) bond motifs is 1. The van der Waals surface area contributed by atoms with Crippen LogP contribution in [0.15, 0.2) is 42.7 Å². The molecule has 0 aliphatic heterocycles. The molecule has 3 rings (SSSR count). The van der Waals surface area contributed by atoms with Gasteiger partial charge in [-0.05, 0) is 30.3 Å². The Balaban J connectivity index is 2.24. The van der Waals surface area contributed by atoms with Crippen molar-refractivity contribution in [1.82, 2.24) is 9.55 Å². The minimum atomic E-state index is -0.999. The molecule has 0 aliphatic rings. The van der Waals surface area contributed by atoms with Gasteiger partial charge in [0.2, 0.25) is 0 Å². The fourth-order valence-electron chi connectivity index (χ4n) is 2.37. The van der Waals surface area contributed by atoms with Crippen molar-refractivity contribution >= 4 is 39.8 Å². The molecule has 0 bridgehead atoms. The SMILES string of the molecule is Cn1c(C(=O)O)c(Nc2ccncc2)c2ccc(Cl)cc21. The van der Waals surface area contributed by atoms with Crippen molar-refractivity contribution in [3.05, 3.63) is 53.4 Å². The molecule has 0 saturated heterocycles. The number of carboxylic acid groups (broad SMARTS) is 1. The maximum absolute atomic E-state index is 11.6.